The highest BCUT2D eigenvalue weighted by atomic mass is 32.1. The zero-order valence-corrected chi connectivity index (χ0v) is 9.95. The van der Waals surface area contributed by atoms with Gasteiger partial charge in [-0.1, -0.05) is 0 Å². The average Bonchev–Trinajstić information content (AvgIpc) is 2.80. The van der Waals surface area contributed by atoms with Crippen molar-refractivity contribution in [3.63, 3.8) is 0 Å². The van der Waals surface area contributed by atoms with E-state index in [0.717, 1.165) is 0 Å². The highest BCUT2D eigenvalue weighted by Crippen LogP contribution is 2.25. The van der Waals surface area contributed by atoms with Crippen LogP contribution in [0.25, 0.3) is 0 Å². The Kier molecular flexibility index (Phi) is 3.30. The van der Waals surface area contributed by atoms with E-state index in [9.17, 15) is 4.79 Å². The second-order valence-electron chi connectivity index (χ2n) is 3.32. The van der Waals surface area contributed by atoms with E-state index in [1.165, 1.54) is 30.6 Å². The molecule has 2 N–H and O–H groups in total. The first-order chi connectivity index (χ1) is 8.20. The van der Waals surface area contributed by atoms with Gasteiger partial charge in [-0.2, -0.15) is 0 Å². The van der Waals surface area contributed by atoms with Gasteiger partial charge in [0.15, 0.2) is 0 Å². The Morgan fingerprint density at radius 1 is 1.29 bits per heavy atom. The van der Waals surface area contributed by atoms with Gasteiger partial charge >= 0.3 is 0 Å². The van der Waals surface area contributed by atoms with E-state index in [1.807, 2.05) is 0 Å². The Bertz CT molecular complexity index is 519. The molecule has 2 aromatic rings. The molecule has 0 spiro atoms. The van der Waals surface area contributed by atoms with Crippen LogP contribution in [0.3, 0.4) is 0 Å². The summed E-state index contributed by atoms with van der Waals surface area (Å²) in [5.74, 6) is 0.505. The molecule has 5 heteroatoms. The number of rotatable bonds is 3. The Labute approximate surface area is 102 Å². The standard InChI is InChI=1S/C12H11NO3S/c1-16-10-6-7-17-11(10)12(15)13-8-2-4-9(14)5-3-8/h2-7,14H,1H3,(H,13,15). The molecule has 0 unspecified atom stereocenters. The van der Waals surface area contributed by atoms with Gasteiger partial charge in [0.05, 0.1) is 7.11 Å². The largest absolute Gasteiger partial charge is 0.508 e. The lowest BCUT2D eigenvalue weighted by atomic mass is 10.3. The van der Waals surface area contributed by atoms with Crippen molar-refractivity contribution in [2.24, 2.45) is 0 Å². The maximum Gasteiger partial charge on any atom is 0.269 e. The Morgan fingerprint density at radius 2 is 2.00 bits per heavy atom. The van der Waals surface area contributed by atoms with Gasteiger partial charge in [-0.05, 0) is 35.7 Å². The minimum absolute atomic E-state index is 0.164. The Hall–Kier alpha value is -2.01. The third-order valence-corrected chi connectivity index (χ3v) is 3.07. The number of carbonyl (C=O) groups excluding carboxylic acids is 1. The quantitative estimate of drug-likeness (QED) is 0.822. The van der Waals surface area contributed by atoms with Gasteiger partial charge in [-0.3, -0.25) is 4.79 Å². The summed E-state index contributed by atoms with van der Waals surface area (Å²) in [6.45, 7) is 0. The highest BCUT2D eigenvalue weighted by Gasteiger charge is 2.13. The van der Waals surface area contributed by atoms with Crippen molar-refractivity contribution >= 4 is 22.9 Å². The number of phenols is 1. The van der Waals surface area contributed by atoms with E-state index in [1.54, 1.807) is 23.6 Å². The molecular weight excluding hydrogens is 238 g/mol. The van der Waals surface area contributed by atoms with Crippen LogP contribution in [-0.4, -0.2) is 18.1 Å². The van der Waals surface area contributed by atoms with Crippen molar-refractivity contribution in [2.45, 2.75) is 0 Å². The zero-order valence-electron chi connectivity index (χ0n) is 9.14. The molecule has 1 amide bonds. The fraction of sp³-hybridized carbons (Fsp3) is 0.0833. The minimum atomic E-state index is -0.220. The van der Waals surface area contributed by atoms with Crippen LogP contribution in [0, 0.1) is 0 Å². The molecule has 0 aliphatic carbocycles. The lowest BCUT2D eigenvalue weighted by molar-refractivity contribution is 0.102. The topological polar surface area (TPSA) is 58.6 Å². The van der Waals surface area contributed by atoms with Crippen LogP contribution in [0.2, 0.25) is 0 Å². The van der Waals surface area contributed by atoms with Crippen molar-refractivity contribution in [1.82, 2.24) is 0 Å². The number of aromatic hydroxyl groups is 1. The average molecular weight is 249 g/mol. The minimum Gasteiger partial charge on any atom is -0.508 e. The second-order valence-corrected chi connectivity index (χ2v) is 4.24. The Morgan fingerprint density at radius 3 is 2.65 bits per heavy atom. The first-order valence-corrected chi connectivity index (χ1v) is 5.80. The van der Waals surface area contributed by atoms with E-state index in [4.69, 9.17) is 9.84 Å². The van der Waals surface area contributed by atoms with Crippen molar-refractivity contribution in [3.05, 3.63) is 40.6 Å². The van der Waals surface area contributed by atoms with Crippen LogP contribution in [0.5, 0.6) is 11.5 Å². The number of carbonyl (C=O) groups is 1. The maximum atomic E-state index is 11.9. The van der Waals surface area contributed by atoms with Crippen LogP contribution >= 0.6 is 11.3 Å². The molecule has 1 heterocycles. The molecule has 0 atom stereocenters. The number of hydrogen-bond donors (Lipinski definition) is 2. The maximum absolute atomic E-state index is 11.9. The first kappa shape index (κ1) is 11.5. The molecule has 0 radical (unpaired) electrons. The van der Waals surface area contributed by atoms with Gasteiger partial charge in [0.2, 0.25) is 0 Å². The summed E-state index contributed by atoms with van der Waals surface area (Å²) in [5, 5.41) is 13.6. The zero-order chi connectivity index (χ0) is 12.3. The number of anilines is 1. The van der Waals surface area contributed by atoms with Gasteiger partial charge in [-0.25, -0.2) is 0 Å². The van der Waals surface area contributed by atoms with E-state index in [0.29, 0.717) is 16.3 Å². The first-order valence-electron chi connectivity index (χ1n) is 4.92. The van der Waals surface area contributed by atoms with Crippen LogP contribution in [0.15, 0.2) is 35.7 Å². The van der Waals surface area contributed by atoms with E-state index in [-0.39, 0.29) is 11.7 Å². The van der Waals surface area contributed by atoms with Gasteiger partial charge in [0.1, 0.15) is 16.4 Å². The molecule has 0 aliphatic rings. The van der Waals surface area contributed by atoms with Crippen molar-refractivity contribution < 1.29 is 14.6 Å². The van der Waals surface area contributed by atoms with Crippen molar-refractivity contribution in [1.29, 1.82) is 0 Å². The normalized spacial score (nSPS) is 9.94. The predicted molar refractivity (Wildman–Crippen MR) is 66.9 cm³/mol. The third-order valence-electron chi connectivity index (χ3n) is 2.18. The summed E-state index contributed by atoms with van der Waals surface area (Å²) >= 11 is 1.32. The summed E-state index contributed by atoms with van der Waals surface area (Å²) in [5.41, 5.74) is 0.628. The number of ether oxygens (including phenoxy) is 1. The Balaban J connectivity index is 2.14. The molecule has 0 aliphatic heterocycles. The summed E-state index contributed by atoms with van der Waals surface area (Å²) in [4.78, 5) is 12.4. The van der Waals surface area contributed by atoms with E-state index >= 15 is 0 Å². The molecule has 0 saturated carbocycles. The number of benzene rings is 1. The molecule has 17 heavy (non-hydrogen) atoms. The molecule has 2 rings (SSSR count). The number of methoxy groups -OCH3 is 1. The summed E-state index contributed by atoms with van der Waals surface area (Å²) in [6, 6.07) is 8.04. The smallest absolute Gasteiger partial charge is 0.269 e. The lowest BCUT2D eigenvalue weighted by Crippen LogP contribution is -2.10. The van der Waals surface area contributed by atoms with E-state index in [2.05, 4.69) is 5.32 Å². The number of phenolic OH excluding ortho intramolecular Hbond substituents is 1. The molecule has 0 fully saturated rings. The lowest BCUT2D eigenvalue weighted by Gasteiger charge is -2.05. The molecule has 1 aromatic carbocycles. The summed E-state index contributed by atoms with van der Waals surface area (Å²) in [7, 11) is 1.53. The van der Waals surface area contributed by atoms with Crippen molar-refractivity contribution in [2.75, 3.05) is 12.4 Å². The SMILES string of the molecule is COc1ccsc1C(=O)Nc1ccc(O)cc1. The highest BCUT2D eigenvalue weighted by molar-refractivity contribution is 7.12. The number of thiophene rings is 1. The van der Waals surface area contributed by atoms with Crippen LogP contribution < -0.4 is 10.1 Å². The van der Waals surface area contributed by atoms with Crippen LogP contribution in [0.4, 0.5) is 5.69 Å². The molecular formula is C12H11NO3S. The third kappa shape index (κ3) is 2.57. The fourth-order valence-corrected chi connectivity index (χ4v) is 2.11. The summed E-state index contributed by atoms with van der Waals surface area (Å²) < 4.78 is 5.07. The number of nitrogens with one attached hydrogen (secondary N) is 1. The number of amides is 1. The second kappa shape index (κ2) is 4.88. The van der Waals surface area contributed by atoms with Gasteiger partial charge in [-0.15, -0.1) is 11.3 Å². The van der Waals surface area contributed by atoms with Gasteiger partial charge in [0.25, 0.3) is 5.91 Å². The van der Waals surface area contributed by atoms with Gasteiger partial charge < -0.3 is 15.2 Å². The number of hydrogen-bond acceptors (Lipinski definition) is 4. The molecule has 0 bridgehead atoms. The predicted octanol–water partition coefficient (Wildman–Crippen LogP) is 2.71. The van der Waals surface area contributed by atoms with Gasteiger partial charge in [0, 0.05) is 5.69 Å². The fourth-order valence-electron chi connectivity index (χ4n) is 1.36. The molecule has 88 valence electrons. The van der Waals surface area contributed by atoms with E-state index < -0.39 is 0 Å². The molecule has 0 saturated heterocycles. The van der Waals surface area contributed by atoms with Crippen molar-refractivity contribution in [3.8, 4) is 11.5 Å². The monoisotopic (exact) mass is 249 g/mol. The summed E-state index contributed by atoms with van der Waals surface area (Å²) in [6.07, 6.45) is 0. The molecule has 1 aromatic heterocycles. The van der Waals surface area contributed by atoms with Crippen LogP contribution in [-0.2, 0) is 0 Å². The van der Waals surface area contributed by atoms with Crippen LogP contribution in [0.1, 0.15) is 9.67 Å². The molecule has 4 nitrogen and oxygen atoms in total.